The minimum absolute atomic E-state index is 0. The molecule has 0 aliphatic carbocycles. The molecule has 0 saturated carbocycles. The van der Waals surface area contributed by atoms with Gasteiger partial charge in [0.15, 0.2) is 5.17 Å². The monoisotopic (exact) mass is 304 g/mol. The first-order valence-electron chi connectivity index (χ1n) is 4.27. The van der Waals surface area contributed by atoms with Crippen molar-refractivity contribution in [3.05, 3.63) is 35.4 Å². The van der Waals surface area contributed by atoms with E-state index in [0.29, 0.717) is 11.3 Å². The largest absolute Gasteiger partial charge is 0.465 e. The standard InChI is InChI=1S/C10H12N2O2S.BrH/c1-14-9(13)8-4-2-7(3-5-8)6-15-10(11)12;/h2-5H,6H2,1H3,(H3,11,12);1H. The average molecular weight is 305 g/mol. The number of carbonyl (C=O) groups is 1. The van der Waals surface area contributed by atoms with Crippen LogP contribution in [0.3, 0.4) is 0 Å². The minimum Gasteiger partial charge on any atom is -0.465 e. The highest BCUT2D eigenvalue weighted by molar-refractivity contribution is 8.93. The highest BCUT2D eigenvalue weighted by atomic mass is 79.9. The van der Waals surface area contributed by atoms with Crippen molar-refractivity contribution in [3.8, 4) is 0 Å². The normalized spacial score (nSPS) is 9.06. The zero-order chi connectivity index (χ0) is 11.3. The van der Waals surface area contributed by atoms with Crippen molar-refractivity contribution in [2.45, 2.75) is 5.75 Å². The molecule has 0 amide bonds. The van der Waals surface area contributed by atoms with Gasteiger partial charge >= 0.3 is 5.97 Å². The van der Waals surface area contributed by atoms with Crippen molar-refractivity contribution in [2.75, 3.05) is 7.11 Å². The Balaban J connectivity index is 0.00000225. The quantitative estimate of drug-likeness (QED) is 0.510. The second kappa shape index (κ2) is 7.29. The van der Waals surface area contributed by atoms with Gasteiger partial charge in [-0.15, -0.1) is 17.0 Å². The van der Waals surface area contributed by atoms with Gasteiger partial charge in [0.25, 0.3) is 0 Å². The lowest BCUT2D eigenvalue weighted by molar-refractivity contribution is 0.0601. The molecule has 0 saturated heterocycles. The van der Waals surface area contributed by atoms with Crippen LogP contribution in [0.15, 0.2) is 24.3 Å². The molecule has 0 fully saturated rings. The second-order valence-corrected chi connectivity index (χ2v) is 3.86. The van der Waals surface area contributed by atoms with Crippen LogP contribution in [0.25, 0.3) is 0 Å². The number of hydrogen-bond acceptors (Lipinski definition) is 4. The van der Waals surface area contributed by atoms with Crippen molar-refractivity contribution >= 4 is 39.9 Å². The molecule has 0 atom stereocenters. The summed E-state index contributed by atoms with van der Waals surface area (Å²) >= 11 is 1.25. The predicted octanol–water partition coefficient (Wildman–Crippen LogP) is 2.18. The minimum atomic E-state index is -0.347. The summed E-state index contributed by atoms with van der Waals surface area (Å²) in [4.78, 5) is 11.1. The summed E-state index contributed by atoms with van der Waals surface area (Å²) in [6, 6.07) is 7.04. The van der Waals surface area contributed by atoms with E-state index in [1.54, 1.807) is 12.1 Å². The van der Waals surface area contributed by atoms with Crippen LogP contribution in [0.4, 0.5) is 0 Å². The van der Waals surface area contributed by atoms with Crippen LogP contribution in [0.1, 0.15) is 15.9 Å². The molecule has 0 spiro atoms. The van der Waals surface area contributed by atoms with Crippen LogP contribution in [-0.2, 0) is 10.5 Å². The number of carbonyl (C=O) groups excluding carboxylic acids is 1. The first kappa shape index (κ1) is 15.0. The Hall–Kier alpha value is -1.01. The van der Waals surface area contributed by atoms with Crippen LogP contribution in [0, 0.1) is 5.41 Å². The van der Waals surface area contributed by atoms with Gasteiger partial charge in [0.05, 0.1) is 12.7 Å². The molecule has 1 aromatic carbocycles. The number of benzene rings is 1. The lowest BCUT2D eigenvalue weighted by atomic mass is 10.1. The van der Waals surface area contributed by atoms with Gasteiger partial charge in [-0.3, -0.25) is 5.41 Å². The number of halogens is 1. The number of thioether (sulfide) groups is 1. The van der Waals surface area contributed by atoms with Gasteiger partial charge in [-0.2, -0.15) is 0 Å². The Labute approximate surface area is 109 Å². The molecule has 0 heterocycles. The number of nitrogens with one attached hydrogen (secondary N) is 1. The third-order valence-corrected chi connectivity index (χ3v) is 2.56. The highest BCUT2D eigenvalue weighted by Crippen LogP contribution is 2.12. The van der Waals surface area contributed by atoms with Crippen molar-refractivity contribution in [1.29, 1.82) is 5.41 Å². The van der Waals surface area contributed by atoms with E-state index in [0.717, 1.165) is 5.56 Å². The van der Waals surface area contributed by atoms with Gasteiger partial charge in [-0.1, -0.05) is 23.9 Å². The second-order valence-electron chi connectivity index (χ2n) is 2.84. The number of ether oxygens (including phenoxy) is 1. The first-order chi connectivity index (χ1) is 7.13. The topological polar surface area (TPSA) is 76.2 Å². The molecule has 0 radical (unpaired) electrons. The lowest BCUT2D eigenvalue weighted by Gasteiger charge is -2.02. The summed E-state index contributed by atoms with van der Waals surface area (Å²) in [5, 5.41) is 7.14. The van der Waals surface area contributed by atoms with Crippen molar-refractivity contribution in [3.63, 3.8) is 0 Å². The van der Waals surface area contributed by atoms with Crippen molar-refractivity contribution in [2.24, 2.45) is 5.73 Å². The van der Waals surface area contributed by atoms with Crippen LogP contribution >= 0.6 is 28.7 Å². The fraction of sp³-hybridized carbons (Fsp3) is 0.200. The van der Waals surface area contributed by atoms with Gasteiger partial charge in [0.1, 0.15) is 0 Å². The zero-order valence-corrected chi connectivity index (χ0v) is 11.3. The van der Waals surface area contributed by atoms with Crippen molar-refractivity contribution in [1.82, 2.24) is 0 Å². The molecule has 0 aliphatic heterocycles. The Morgan fingerprint density at radius 3 is 2.44 bits per heavy atom. The molecule has 0 bridgehead atoms. The predicted molar refractivity (Wildman–Crippen MR) is 71.3 cm³/mol. The van der Waals surface area contributed by atoms with E-state index in [-0.39, 0.29) is 28.1 Å². The van der Waals surface area contributed by atoms with Gasteiger partial charge in [-0.25, -0.2) is 4.79 Å². The number of hydrogen-bond donors (Lipinski definition) is 2. The van der Waals surface area contributed by atoms with Gasteiger partial charge in [-0.05, 0) is 17.7 Å². The van der Waals surface area contributed by atoms with Crippen LogP contribution in [-0.4, -0.2) is 18.2 Å². The van der Waals surface area contributed by atoms with E-state index in [1.807, 2.05) is 12.1 Å². The van der Waals surface area contributed by atoms with E-state index in [9.17, 15) is 4.79 Å². The third kappa shape index (κ3) is 4.67. The fourth-order valence-electron chi connectivity index (χ4n) is 1.02. The molecule has 4 nitrogen and oxygen atoms in total. The molecule has 16 heavy (non-hydrogen) atoms. The molecule has 1 aromatic rings. The maximum absolute atomic E-state index is 11.1. The Kier molecular flexibility index (Phi) is 6.83. The van der Waals surface area contributed by atoms with E-state index in [4.69, 9.17) is 11.1 Å². The van der Waals surface area contributed by atoms with Crippen molar-refractivity contribution < 1.29 is 9.53 Å². The first-order valence-corrected chi connectivity index (χ1v) is 5.26. The van der Waals surface area contributed by atoms with E-state index in [2.05, 4.69) is 4.74 Å². The summed E-state index contributed by atoms with van der Waals surface area (Å²) < 4.78 is 4.58. The Morgan fingerprint density at radius 1 is 1.44 bits per heavy atom. The lowest BCUT2D eigenvalue weighted by Crippen LogP contribution is -2.04. The summed E-state index contributed by atoms with van der Waals surface area (Å²) in [5.74, 6) is 0.289. The molecular weight excluding hydrogens is 292 g/mol. The molecule has 0 unspecified atom stereocenters. The van der Waals surface area contributed by atoms with Gasteiger partial charge in [0, 0.05) is 5.75 Å². The zero-order valence-electron chi connectivity index (χ0n) is 8.73. The maximum atomic E-state index is 11.1. The highest BCUT2D eigenvalue weighted by Gasteiger charge is 2.04. The van der Waals surface area contributed by atoms with Crippen LogP contribution in [0.5, 0.6) is 0 Å². The number of amidine groups is 1. The van der Waals surface area contributed by atoms with E-state index in [1.165, 1.54) is 18.9 Å². The summed E-state index contributed by atoms with van der Waals surface area (Å²) in [7, 11) is 1.35. The fourth-order valence-corrected chi connectivity index (χ4v) is 1.53. The van der Waals surface area contributed by atoms with Gasteiger partial charge < -0.3 is 10.5 Å². The number of rotatable bonds is 3. The molecular formula is C10H13BrN2O2S. The van der Waals surface area contributed by atoms with Crippen LogP contribution < -0.4 is 5.73 Å². The third-order valence-electron chi connectivity index (χ3n) is 1.77. The molecule has 1 rings (SSSR count). The molecule has 3 N–H and O–H groups in total. The Morgan fingerprint density at radius 2 is 2.00 bits per heavy atom. The van der Waals surface area contributed by atoms with Gasteiger partial charge in [0.2, 0.25) is 0 Å². The number of esters is 1. The Bertz CT molecular complexity index is 368. The average Bonchev–Trinajstić information content (AvgIpc) is 2.26. The molecule has 88 valence electrons. The molecule has 0 aliphatic rings. The molecule has 0 aromatic heterocycles. The summed E-state index contributed by atoms with van der Waals surface area (Å²) in [6.45, 7) is 0. The number of nitrogens with two attached hydrogens (primary N) is 1. The van der Waals surface area contributed by atoms with Crippen LogP contribution in [0.2, 0.25) is 0 Å². The number of methoxy groups -OCH3 is 1. The smallest absolute Gasteiger partial charge is 0.337 e. The summed E-state index contributed by atoms with van der Waals surface area (Å²) in [6.07, 6.45) is 0. The SMILES string of the molecule is Br.COC(=O)c1ccc(CSC(=N)N)cc1. The maximum Gasteiger partial charge on any atom is 0.337 e. The molecule has 6 heteroatoms. The van der Waals surface area contributed by atoms with E-state index < -0.39 is 0 Å². The summed E-state index contributed by atoms with van der Waals surface area (Å²) in [5.41, 5.74) is 6.75. The van der Waals surface area contributed by atoms with E-state index >= 15 is 0 Å².